The number of methoxy groups -OCH3 is 1. The second-order valence-electron chi connectivity index (χ2n) is 8.31. The van der Waals surface area contributed by atoms with E-state index in [2.05, 4.69) is 53.6 Å². The number of aromatic nitrogens is 1. The lowest BCUT2D eigenvalue weighted by Gasteiger charge is -2.05. The maximum Gasteiger partial charge on any atom is 0.349 e. The summed E-state index contributed by atoms with van der Waals surface area (Å²) in [7, 11) is 1.55. The van der Waals surface area contributed by atoms with Crippen LogP contribution in [0.15, 0.2) is 88.1 Å². The lowest BCUT2D eigenvalue weighted by molar-refractivity contribution is 0.102. The number of fused-ring (bicyclic) bond motifs is 1. The molecule has 0 radical (unpaired) electrons. The molecular weight excluding hydrogens is 472 g/mol. The molecule has 0 fully saturated rings. The zero-order valence-electron chi connectivity index (χ0n) is 19.9. The van der Waals surface area contributed by atoms with E-state index in [-0.39, 0.29) is 5.56 Å². The van der Waals surface area contributed by atoms with Gasteiger partial charge >= 0.3 is 5.63 Å². The van der Waals surface area contributed by atoms with Crippen molar-refractivity contribution < 1.29 is 13.9 Å². The van der Waals surface area contributed by atoms with Crippen LogP contribution in [0.5, 0.6) is 5.75 Å². The van der Waals surface area contributed by atoms with Gasteiger partial charge in [-0.15, -0.1) is 11.3 Å². The van der Waals surface area contributed by atoms with E-state index in [1.54, 1.807) is 25.3 Å². The summed E-state index contributed by atoms with van der Waals surface area (Å²) in [4.78, 5) is 31.2. The SMILES string of the molecule is CCc1sc(NC(=O)c2cc3cc(OC)ccc3oc2=O)nc1-c1ccc(Cc2ccccc2)cc1. The van der Waals surface area contributed by atoms with Crippen molar-refractivity contribution in [3.63, 3.8) is 0 Å². The molecule has 2 heterocycles. The standard InChI is InChI=1S/C29H24N2O4S/c1-3-25-26(20-11-9-19(10-12-20)15-18-7-5-4-6-8-18)30-29(36-25)31-27(32)23-17-21-16-22(34-2)13-14-24(21)35-28(23)33/h4-14,16-17H,3,15H2,1-2H3,(H,30,31,32). The molecule has 5 aromatic rings. The molecule has 0 spiro atoms. The molecule has 180 valence electrons. The number of aryl methyl sites for hydroxylation is 1. The maximum absolute atomic E-state index is 13.0. The van der Waals surface area contributed by atoms with Gasteiger partial charge in [-0.05, 0) is 48.2 Å². The molecule has 7 heteroatoms. The summed E-state index contributed by atoms with van der Waals surface area (Å²) in [5.74, 6) is 0.0456. The first-order valence-corrected chi connectivity index (χ1v) is 12.4. The zero-order chi connectivity index (χ0) is 25.1. The summed E-state index contributed by atoms with van der Waals surface area (Å²) < 4.78 is 10.6. The monoisotopic (exact) mass is 496 g/mol. The van der Waals surface area contributed by atoms with E-state index in [4.69, 9.17) is 9.15 Å². The second kappa shape index (κ2) is 10.2. The topological polar surface area (TPSA) is 81.4 Å². The number of benzene rings is 3. The highest BCUT2D eigenvalue weighted by Gasteiger charge is 2.18. The number of amides is 1. The van der Waals surface area contributed by atoms with Crippen LogP contribution in [-0.4, -0.2) is 18.0 Å². The number of hydrogen-bond acceptors (Lipinski definition) is 6. The maximum atomic E-state index is 13.0. The predicted octanol–water partition coefficient (Wildman–Crippen LogP) is 6.33. The number of anilines is 1. The van der Waals surface area contributed by atoms with E-state index in [1.807, 2.05) is 18.2 Å². The molecule has 1 N–H and O–H groups in total. The molecule has 36 heavy (non-hydrogen) atoms. The van der Waals surface area contributed by atoms with Gasteiger partial charge in [-0.3, -0.25) is 10.1 Å². The fourth-order valence-electron chi connectivity index (χ4n) is 4.03. The van der Waals surface area contributed by atoms with Gasteiger partial charge in [0.05, 0.1) is 12.8 Å². The second-order valence-corrected chi connectivity index (χ2v) is 9.39. The normalized spacial score (nSPS) is 10.9. The first kappa shape index (κ1) is 23.5. The van der Waals surface area contributed by atoms with Crippen LogP contribution in [-0.2, 0) is 12.8 Å². The third-order valence-corrected chi connectivity index (χ3v) is 7.02. The van der Waals surface area contributed by atoms with Gasteiger partial charge < -0.3 is 9.15 Å². The molecule has 0 unspecified atom stereocenters. The molecule has 3 aromatic carbocycles. The molecule has 0 aliphatic rings. The molecule has 6 nitrogen and oxygen atoms in total. The Kier molecular flexibility index (Phi) is 6.64. The van der Waals surface area contributed by atoms with Crippen LogP contribution in [0.2, 0.25) is 0 Å². The number of thiazole rings is 1. The van der Waals surface area contributed by atoms with Crippen LogP contribution in [0, 0.1) is 0 Å². The van der Waals surface area contributed by atoms with Gasteiger partial charge in [-0.1, -0.05) is 61.5 Å². The van der Waals surface area contributed by atoms with E-state index >= 15 is 0 Å². The summed E-state index contributed by atoms with van der Waals surface area (Å²) >= 11 is 1.40. The number of nitrogens with zero attached hydrogens (tertiary/aromatic N) is 1. The summed E-state index contributed by atoms with van der Waals surface area (Å²) in [5, 5.41) is 3.81. The molecule has 0 atom stereocenters. The van der Waals surface area contributed by atoms with Gasteiger partial charge in [-0.25, -0.2) is 9.78 Å². The highest BCUT2D eigenvalue weighted by molar-refractivity contribution is 7.16. The fourth-order valence-corrected chi connectivity index (χ4v) is 4.95. The van der Waals surface area contributed by atoms with Crippen molar-refractivity contribution in [1.82, 2.24) is 4.98 Å². The third kappa shape index (κ3) is 4.92. The van der Waals surface area contributed by atoms with Gasteiger partial charge in [0.2, 0.25) is 0 Å². The van der Waals surface area contributed by atoms with E-state index < -0.39 is 11.5 Å². The summed E-state index contributed by atoms with van der Waals surface area (Å²) in [6.45, 7) is 2.05. The molecule has 0 aliphatic carbocycles. The average molecular weight is 497 g/mol. The number of nitrogens with one attached hydrogen (secondary N) is 1. The molecule has 1 amide bonds. The van der Waals surface area contributed by atoms with Crippen molar-refractivity contribution in [3.8, 4) is 17.0 Å². The van der Waals surface area contributed by atoms with E-state index in [1.165, 1.54) is 28.5 Å². The van der Waals surface area contributed by atoms with Crippen LogP contribution in [0.25, 0.3) is 22.2 Å². The Bertz CT molecular complexity index is 1590. The van der Waals surface area contributed by atoms with Crippen LogP contribution in [0.3, 0.4) is 0 Å². The van der Waals surface area contributed by atoms with Crippen molar-refractivity contribution in [1.29, 1.82) is 0 Å². The Morgan fingerprint density at radius 2 is 1.75 bits per heavy atom. The quantitative estimate of drug-likeness (QED) is 0.266. The number of carbonyl (C=O) groups is 1. The van der Waals surface area contributed by atoms with E-state index in [0.29, 0.717) is 21.9 Å². The van der Waals surface area contributed by atoms with Gasteiger partial charge in [0.1, 0.15) is 16.9 Å². The van der Waals surface area contributed by atoms with Crippen LogP contribution >= 0.6 is 11.3 Å². The fraction of sp³-hybridized carbons (Fsp3) is 0.138. The lowest BCUT2D eigenvalue weighted by Crippen LogP contribution is -2.20. The number of rotatable bonds is 7. The minimum absolute atomic E-state index is 0.0872. The largest absolute Gasteiger partial charge is 0.497 e. The van der Waals surface area contributed by atoms with Gasteiger partial charge in [0, 0.05) is 15.8 Å². The minimum Gasteiger partial charge on any atom is -0.497 e. The van der Waals surface area contributed by atoms with E-state index in [9.17, 15) is 9.59 Å². The molecule has 5 rings (SSSR count). The highest BCUT2D eigenvalue weighted by atomic mass is 32.1. The summed E-state index contributed by atoms with van der Waals surface area (Å²) in [6.07, 6.45) is 1.63. The van der Waals surface area contributed by atoms with Crippen molar-refractivity contribution in [2.24, 2.45) is 0 Å². The zero-order valence-corrected chi connectivity index (χ0v) is 20.7. The van der Waals surface area contributed by atoms with Crippen molar-refractivity contribution >= 4 is 33.3 Å². The number of hydrogen-bond donors (Lipinski definition) is 1. The van der Waals surface area contributed by atoms with E-state index in [0.717, 1.165) is 29.0 Å². The third-order valence-electron chi connectivity index (χ3n) is 5.90. The van der Waals surface area contributed by atoms with Crippen molar-refractivity contribution in [2.75, 3.05) is 12.4 Å². The summed E-state index contributed by atoms with van der Waals surface area (Å²) in [5.41, 5.74) is 3.89. The average Bonchev–Trinajstić information content (AvgIpc) is 3.31. The van der Waals surface area contributed by atoms with Crippen LogP contribution in [0.4, 0.5) is 5.13 Å². The van der Waals surface area contributed by atoms with Crippen molar-refractivity contribution in [2.45, 2.75) is 19.8 Å². The smallest absolute Gasteiger partial charge is 0.349 e. The molecule has 0 saturated heterocycles. The first-order chi connectivity index (χ1) is 17.5. The molecule has 0 bridgehead atoms. The Morgan fingerprint density at radius 3 is 2.47 bits per heavy atom. The molecular formula is C29H24N2O4S. The van der Waals surface area contributed by atoms with Crippen molar-refractivity contribution in [3.05, 3.63) is 111 Å². The van der Waals surface area contributed by atoms with Gasteiger partial charge in [-0.2, -0.15) is 0 Å². The van der Waals surface area contributed by atoms with Crippen LogP contribution in [0.1, 0.15) is 33.3 Å². The van der Waals surface area contributed by atoms with Gasteiger partial charge in [0.25, 0.3) is 5.91 Å². The molecule has 0 saturated carbocycles. The Morgan fingerprint density at radius 1 is 1.00 bits per heavy atom. The lowest BCUT2D eigenvalue weighted by atomic mass is 10.0. The highest BCUT2D eigenvalue weighted by Crippen LogP contribution is 2.32. The van der Waals surface area contributed by atoms with Crippen LogP contribution < -0.4 is 15.7 Å². The minimum atomic E-state index is -0.702. The van der Waals surface area contributed by atoms with Gasteiger partial charge in [0.15, 0.2) is 5.13 Å². The summed E-state index contributed by atoms with van der Waals surface area (Å²) in [6, 6.07) is 25.2. The number of carbonyl (C=O) groups excluding carboxylic acids is 1. The Balaban J connectivity index is 1.38. The predicted molar refractivity (Wildman–Crippen MR) is 143 cm³/mol. The molecule has 0 aliphatic heterocycles. The molecule has 2 aromatic heterocycles. The Hall–Kier alpha value is -4.23. The Labute approximate surface area is 212 Å². The first-order valence-electron chi connectivity index (χ1n) is 11.6. The number of ether oxygens (including phenoxy) is 1.